The molecule has 0 bridgehead atoms. The largest absolute Gasteiger partial charge is 0.384 e. The zero-order chi connectivity index (χ0) is 12.8. The molecule has 17 heavy (non-hydrogen) atoms. The van der Waals surface area contributed by atoms with Gasteiger partial charge in [-0.1, -0.05) is 19.1 Å². The summed E-state index contributed by atoms with van der Waals surface area (Å²) in [7, 11) is 2.08. The first-order chi connectivity index (χ1) is 8.11. The monoisotopic (exact) mass is 251 g/mol. The minimum Gasteiger partial charge on any atom is -0.384 e. The summed E-state index contributed by atoms with van der Waals surface area (Å²) in [6.07, 6.45) is 3.21. The van der Waals surface area contributed by atoms with Gasteiger partial charge in [-0.25, -0.2) is 0 Å². The van der Waals surface area contributed by atoms with Gasteiger partial charge in [0.05, 0.1) is 0 Å². The van der Waals surface area contributed by atoms with E-state index in [9.17, 15) is 0 Å². The molecule has 0 aliphatic heterocycles. The van der Waals surface area contributed by atoms with Crippen LogP contribution in [0, 0.1) is 5.41 Å². The minimum absolute atomic E-state index is 0.131. The number of nitrogens with zero attached hydrogens (tertiary/aromatic N) is 1. The number of nitrogens with two attached hydrogens (primary N) is 1. The number of benzene rings is 1. The molecule has 0 saturated heterocycles. The van der Waals surface area contributed by atoms with Crippen molar-refractivity contribution in [2.75, 3.05) is 24.0 Å². The standard InChI is InChI=1S/C13H21N3S/c1-4-10(9-17-3)16(2)12-8-6-5-7-11(12)13(14)15/h5-8,10H,4,9H2,1-3H3,(H3,14,15). The van der Waals surface area contributed by atoms with Crippen LogP contribution in [0.5, 0.6) is 0 Å². The zero-order valence-electron chi connectivity index (χ0n) is 10.7. The van der Waals surface area contributed by atoms with Crippen LogP contribution < -0.4 is 10.6 Å². The molecule has 3 nitrogen and oxygen atoms in total. The molecular formula is C13H21N3S. The predicted octanol–water partition coefficient (Wildman–Crippen LogP) is 2.55. The number of hydrogen-bond donors (Lipinski definition) is 2. The molecular weight excluding hydrogens is 230 g/mol. The lowest BCUT2D eigenvalue weighted by molar-refractivity contribution is 0.673. The SMILES string of the molecule is CCC(CSC)N(C)c1ccccc1C(=N)N. The van der Waals surface area contributed by atoms with Crippen LogP contribution in [0.2, 0.25) is 0 Å². The Hall–Kier alpha value is -1.16. The van der Waals surface area contributed by atoms with Gasteiger partial charge in [0, 0.05) is 30.1 Å². The second kappa shape index (κ2) is 6.55. The van der Waals surface area contributed by atoms with Gasteiger partial charge < -0.3 is 10.6 Å². The molecule has 1 atom stereocenters. The van der Waals surface area contributed by atoms with Gasteiger partial charge in [0.15, 0.2) is 0 Å². The Morgan fingerprint density at radius 1 is 1.47 bits per heavy atom. The summed E-state index contributed by atoms with van der Waals surface area (Å²) in [6, 6.07) is 8.32. The zero-order valence-corrected chi connectivity index (χ0v) is 11.6. The van der Waals surface area contributed by atoms with Gasteiger partial charge in [-0.15, -0.1) is 0 Å². The van der Waals surface area contributed by atoms with E-state index in [4.69, 9.17) is 11.1 Å². The van der Waals surface area contributed by atoms with Gasteiger partial charge >= 0.3 is 0 Å². The fourth-order valence-electron chi connectivity index (χ4n) is 1.90. The average Bonchev–Trinajstić information content (AvgIpc) is 2.35. The highest BCUT2D eigenvalue weighted by Gasteiger charge is 2.16. The van der Waals surface area contributed by atoms with Crippen LogP contribution in [-0.2, 0) is 0 Å². The maximum Gasteiger partial charge on any atom is 0.124 e. The molecule has 0 spiro atoms. The van der Waals surface area contributed by atoms with Gasteiger partial charge in [-0.2, -0.15) is 11.8 Å². The van der Waals surface area contributed by atoms with E-state index < -0.39 is 0 Å². The van der Waals surface area contributed by atoms with Crippen molar-refractivity contribution in [3.05, 3.63) is 29.8 Å². The van der Waals surface area contributed by atoms with Crippen molar-refractivity contribution in [2.24, 2.45) is 5.73 Å². The first kappa shape index (κ1) is 13.9. The van der Waals surface area contributed by atoms with E-state index >= 15 is 0 Å². The third kappa shape index (κ3) is 3.40. The predicted molar refractivity (Wildman–Crippen MR) is 78.3 cm³/mol. The first-order valence-electron chi connectivity index (χ1n) is 5.77. The number of para-hydroxylation sites is 1. The summed E-state index contributed by atoms with van der Waals surface area (Å²) in [6.45, 7) is 2.19. The van der Waals surface area contributed by atoms with Gasteiger partial charge in [-0.3, -0.25) is 5.41 Å². The van der Waals surface area contributed by atoms with E-state index in [1.165, 1.54) is 0 Å². The lowest BCUT2D eigenvalue weighted by Crippen LogP contribution is -2.34. The highest BCUT2D eigenvalue weighted by atomic mass is 32.2. The first-order valence-corrected chi connectivity index (χ1v) is 7.16. The highest BCUT2D eigenvalue weighted by molar-refractivity contribution is 7.98. The molecule has 0 amide bonds. The topological polar surface area (TPSA) is 53.1 Å². The van der Waals surface area contributed by atoms with E-state index in [1.807, 2.05) is 36.0 Å². The van der Waals surface area contributed by atoms with E-state index in [-0.39, 0.29) is 5.84 Å². The number of hydrogen-bond acceptors (Lipinski definition) is 3. The van der Waals surface area contributed by atoms with E-state index in [0.717, 1.165) is 23.4 Å². The van der Waals surface area contributed by atoms with Crippen LogP contribution in [0.25, 0.3) is 0 Å². The van der Waals surface area contributed by atoms with Crippen molar-refractivity contribution in [2.45, 2.75) is 19.4 Å². The minimum atomic E-state index is 0.131. The molecule has 1 unspecified atom stereocenters. The van der Waals surface area contributed by atoms with Gasteiger partial charge in [0.2, 0.25) is 0 Å². The average molecular weight is 251 g/mol. The lowest BCUT2D eigenvalue weighted by Gasteiger charge is -2.30. The molecule has 4 heteroatoms. The third-order valence-electron chi connectivity index (χ3n) is 2.95. The molecule has 0 aliphatic carbocycles. The lowest BCUT2D eigenvalue weighted by atomic mass is 10.1. The number of nitrogen functional groups attached to an aromatic ring is 1. The maximum atomic E-state index is 7.62. The molecule has 1 aromatic rings. The fourth-order valence-corrected chi connectivity index (χ4v) is 2.75. The number of rotatable bonds is 6. The smallest absolute Gasteiger partial charge is 0.124 e. The molecule has 3 N–H and O–H groups in total. The van der Waals surface area contributed by atoms with Crippen LogP contribution in [0.3, 0.4) is 0 Å². The number of nitrogens with one attached hydrogen (secondary N) is 1. The van der Waals surface area contributed by atoms with Gasteiger partial charge in [0.25, 0.3) is 0 Å². The highest BCUT2D eigenvalue weighted by Crippen LogP contribution is 2.23. The van der Waals surface area contributed by atoms with E-state index in [2.05, 4.69) is 25.1 Å². The molecule has 0 radical (unpaired) electrons. The molecule has 0 aliphatic rings. The molecule has 0 aromatic heterocycles. The second-order valence-corrected chi connectivity index (χ2v) is 4.97. The number of anilines is 1. The Bertz CT molecular complexity index is 379. The number of amidine groups is 1. The van der Waals surface area contributed by atoms with Crippen molar-refractivity contribution < 1.29 is 0 Å². The maximum absolute atomic E-state index is 7.62. The summed E-state index contributed by atoms with van der Waals surface area (Å²) in [5, 5.41) is 7.62. The van der Waals surface area contributed by atoms with Crippen molar-refractivity contribution in [3.8, 4) is 0 Å². The van der Waals surface area contributed by atoms with Crippen LogP contribution in [0.4, 0.5) is 5.69 Å². The number of thioether (sulfide) groups is 1. The molecule has 94 valence electrons. The van der Waals surface area contributed by atoms with Crippen LogP contribution >= 0.6 is 11.8 Å². The Morgan fingerprint density at radius 3 is 2.65 bits per heavy atom. The molecule has 0 fully saturated rings. The second-order valence-electron chi connectivity index (χ2n) is 4.06. The van der Waals surface area contributed by atoms with Gasteiger partial charge in [0.1, 0.15) is 5.84 Å². The van der Waals surface area contributed by atoms with Crippen molar-refractivity contribution in [3.63, 3.8) is 0 Å². The summed E-state index contributed by atoms with van der Waals surface area (Å²) in [5.74, 6) is 1.21. The van der Waals surface area contributed by atoms with E-state index in [0.29, 0.717) is 6.04 Å². The van der Waals surface area contributed by atoms with Crippen LogP contribution in [-0.4, -0.2) is 30.9 Å². The Kier molecular flexibility index (Phi) is 5.35. The quantitative estimate of drug-likeness (QED) is 0.603. The van der Waals surface area contributed by atoms with Crippen LogP contribution in [0.15, 0.2) is 24.3 Å². The molecule has 0 heterocycles. The van der Waals surface area contributed by atoms with Crippen molar-refractivity contribution in [1.29, 1.82) is 5.41 Å². The summed E-state index contributed by atoms with van der Waals surface area (Å²) < 4.78 is 0. The van der Waals surface area contributed by atoms with Crippen LogP contribution in [0.1, 0.15) is 18.9 Å². The Morgan fingerprint density at radius 2 is 2.12 bits per heavy atom. The summed E-state index contributed by atoms with van der Waals surface area (Å²) in [4.78, 5) is 2.23. The van der Waals surface area contributed by atoms with Gasteiger partial charge in [-0.05, 0) is 24.8 Å². The third-order valence-corrected chi connectivity index (χ3v) is 3.67. The summed E-state index contributed by atoms with van der Waals surface area (Å²) >= 11 is 1.84. The normalized spacial score (nSPS) is 12.2. The summed E-state index contributed by atoms with van der Waals surface area (Å²) in [5.41, 5.74) is 7.48. The Balaban J connectivity index is 3.01. The Labute approximate surface area is 108 Å². The van der Waals surface area contributed by atoms with Crippen molar-refractivity contribution in [1.82, 2.24) is 0 Å². The van der Waals surface area contributed by atoms with E-state index in [1.54, 1.807) is 0 Å². The molecule has 1 aromatic carbocycles. The molecule has 0 saturated carbocycles. The van der Waals surface area contributed by atoms with Crippen molar-refractivity contribution >= 4 is 23.3 Å². The fraction of sp³-hybridized carbons (Fsp3) is 0.462. The molecule has 1 rings (SSSR count).